The number of rotatable bonds is 3. The Bertz CT molecular complexity index is 533. The first-order chi connectivity index (χ1) is 7.59. The number of nitro groups is 1. The summed E-state index contributed by atoms with van der Waals surface area (Å²) < 4.78 is 2.98. The third kappa shape index (κ3) is 1.74. The van der Waals surface area contributed by atoms with Crippen molar-refractivity contribution in [3.63, 3.8) is 0 Å². The van der Waals surface area contributed by atoms with E-state index in [9.17, 15) is 10.1 Å². The van der Waals surface area contributed by atoms with Gasteiger partial charge in [0.05, 0.1) is 0 Å². The molecule has 0 aliphatic rings. The second-order valence-corrected chi connectivity index (χ2v) is 3.88. The van der Waals surface area contributed by atoms with Crippen LogP contribution >= 0.6 is 11.8 Å². The van der Waals surface area contributed by atoms with Crippen molar-refractivity contribution in [1.82, 2.24) is 29.8 Å². The summed E-state index contributed by atoms with van der Waals surface area (Å²) >= 11 is 1.09. The molecule has 9 nitrogen and oxygen atoms in total. The van der Waals surface area contributed by atoms with Crippen LogP contribution in [0.1, 0.15) is 0 Å². The Hall–Kier alpha value is -1.97. The lowest BCUT2D eigenvalue weighted by atomic mass is 10.8. The van der Waals surface area contributed by atoms with Crippen LogP contribution in [-0.2, 0) is 14.1 Å². The van der Waals surface area contributed by atoms with E-state index in [1.54, 1.807) is 18.7 Å². The van der Waals surface area contributed by atoms with Gasteiger partial charge in [0.1, 0.15) is 0 Å². The zero-order chi connectivity index (χ0) is 11.7. The molecule has 0 saturated heterocycles. The summed E-state index contributed by atoms with van der Waals surface area (Å²) in [6, 6.07) is 0. The maximum Gasteiger partial charge on any atom is 0.396 e. The van der Waals surface area contributed by atoms with E-state index >= 15 is 0 Å². The average Bonchev–Trinajstić information content (AvgIpc) is 2.76. The van der Waals surface area contributed by atoms with E-state index in [1.165, 1.54) is 11.0 Å². The molecule has 0 atom stereocenters. The van der Waals surface area contributed by atoms with Gasteiger partial charge in [0.2, 0.25) is 11.5 Å². The van der Waals surface area contributed by atoms with Crippen molar-refractivity contribution >= 4 is 17.6 Å². The van der Waals surface area contributed by atoms with Gasteiger partial charge in [-0.15, -0.1) is 5.10 Å². The van der Waals surface area contributed by atoms with Crippen LogP contribution < -0.4 is 0 Å². The highest BCUT2D eigenvalue weighted by Crippen LogP contribution is 2.31. The lowest BCUT2D eigenvalue weighted by Gasteiger charge is -1.99. The number of hydrogen-bond acceptors (Lipinski definition) is 7. The molecule has 16 heavy (non-hydrogen) atoms. The Labute approximate surface area is 93.6 Å². The summed E-state index contributed by atoms with van der Waals surface area (Å²) in [4.78, 5) is 13.9. The maximum atomic E-state index is 10.7. The predicted molar refractivity (Wildman–Crippen MR) is 52.8 cm³/mol. The number of tetrazole rings is 1. The fourth-order valence-electron chi connectivity index (χ4n) is 1.04. The predicted octanol–water partition coefficient (Wildman–Crippen LogP) is 0.00300. The molecule has 2 heterocycles. The van der Waals surface area contributed by atoms with Crippen LogP contribution in [0, 0.1) is 10.1 Å². The van der Waals surface area contributed by atoms with Crippen LogP contribution in [0.5, 0.6) is 0 Å². The molecular formula is C6H7N7O2S. The minimum absolute atomic E-state index is 0.199. The smallest absolute Gasteiger partial charge is 0.358 e. The Kier molecular flexibility index (Phi) is 2.56. The molecule has 0 radical (unpaired) electrons. The third-order valence-corrected chi connectivity index (χ3v) is 3.00. The van der Waals surface area contributed by atoms with Crippen molar-refractivity contribution in [2.75, 3.05) is 0 Å². The molecule has 0 spiro atoms. The van der Waals surface area contributed by atoms with Gasteiger partial charge in [-0.05, 0) is 32.1 Å². The van der Waals surface area contributed by atoms with Gasteiger partial charge in [-0.1, -0.05) is 0 Å². The van der Waals surface area contributed by atoms with E-state index in [1.807, 2.05) is 0 Å². The van der Waals surface area contributed by atoms with Gasteiger partial charge in [0.25, 0.3) is 0 Å². The number of nitrogens with zero attached hydrogens (tertiary/aromatic N) is 7. The number of aromatic nitrogens is 6. The lowest BCUT2D eigenvalue weighted by Crippen LogP contribution is -1.97. The molecule has 0 aromatic carbocycles. The van der Waals surface area contributed by atoms with Crippen LogP contribution in [0.3, 0.4) is 0 Å². The van der Waals surface area contributed by atoms with Crippen LogP contribution in [0.15, 0.2) is 16.5 Å². The SMILES string of the molecule is Cn1cnc([N+](=O)[O-])c1Sc1nnnn1C. The molecule has 0 bridgehead atoms. The van der Waals surface area contributed by atoms with Crippen molar-refractivity contribution in [3.05, 3.63) is 16.4 Å². The summed E-state index contributed by atoms with van der Waals surface area (Å²) in [5.74, 6) is -0.199. The highest BCUT2D eigenvalue weighted by molar-refractivity contribution is 7.99. The van der Waals surface area contributed by atoms with Crippen molar-refractivity contribution in [1.29, 1.82) is 0 Å². The summed E-state index contributed by atoms with van der Waals surface area (Å²) in [6.07, 6.45) is 1.38. The minimum atomic E-state index is -0.536. The highest BCUT2D eigenvalue weighted by Gasteiger charge is 2.22. The number of hydrogen-bond donors (Lipinski definition) is 0. The summed E-state index contributed by atoms with van der Waals surface area (Å²) in [5, 5.41) is 22.4. The van der Waals surface area contributed by atoms with Crippen molar-refractivity contribution in [2.45, 2.75) is 10.2 Å². The Morgan fingerprint density at radius 3 is 2.81 bits per heavy atom. The van der Waals surface area contributed by atoms with Gasteiger partial charge in [-0.2, -0.15) is 0 Å². The van der Waals surface area contributed by atoms with Gasteiger partial charge in [-0.3, -0.25) is 0 Å². The van der Waals surface area contributed by atoms with E-state index in [2.05, 4.69) is 20.5 Å². The van der Waals surface area contributed by atoms with Gasteiger partial charge < -0.3 is 14.7 Å². The molecule has 0 saturated carbocycles. The molecule has 2 rings (SSSR count). The second kappa shape index (κ2) is 3.89. The first-order valence-electron chi connectivity index (χ1n) is 4.15. The standard InChI is InChI=1S/C6H7N7O2S/c1-11-3-7-4(13(14)15)5(11)16-6-8-9-10-12(6)2/h3H,1-2H3. The van der Waals surface area contributed by atoms with Gasteiger partial charge in [0.15, 0.2) is 5.03 Å². The van der Waals surface area contributed by atoms with Crippen LogP contribution in [0.2, 0.25) is 0 Å². The maximum absolute atomic E-state index is 10.7. The van der Waals surface area contributed by atoms with E-state index in [-0.39, 0.29) is 5.82 Å². The zero-order valence-corrected chi connectivity index (χ0v) is 9.25. The monoisotopic (exact) mass is 241 g/mol. The van der Waals surface area contributed by atoms with Gasteiger partial charge in [-0.25, -0.2) is 4.68 Å². The fourth-order valence-corrected chi connectivity index (χ4v) is 1.87. The van der Waals surface area contributed by atoms with Crippen molar-refractivity contribution in [2.24, 2.45) is 14.1 Å². The Balaban J connectivity index is 2.38. The molecule has 2 aromatic heterocycles. The lowest BCUT2D eigenvalue weighted by molar-refractivity contribution is -0.392. The van der Waals surface area contributed by atoms with Crippen molar-refractivity contribution in [3.8, 4) is 0 Å². The summed E-state index contributed by atoms with van der Waals surface area (Å²) in [6.45, 7) is 0. The quantitative estimate of drug-likeness (QED) is 0.550. The summed E-state index contributed by atoms with van der Waals surface area (Å²) in [7, 11) is 3.33. The minimum Gasteiger partial charge on any atom is -0.358 e. The van der Waals surface area contributed by atoms with E-state index in [0.717, 1.165) is 11.8 Å². The van der Waals surface area contributed by atoms with E-state index in [4.69, 9.17) is 0 Å². The fraction of sp³-hybridized carbons (Fsp3) is 0.333. The summed E-state index contributed by atoms with van der Waals surface area (Å²) in [5.41, 5.74) is 0. The topological polar surface area (TPSA) is 105 Å². The van der Waals surface area contributed by atoms with Gasteiger partial charge in [0, 0.05) is 14.1 Å². The molecule has 10 heteroatoms. The van der Waals surface area contributed by atoms with E-state index in [0.29, 0.717) is 10.2 Å². The third-order valence-electron chi connectivity index (χ3n) is 1.81. The first-order valence-corrected chi connectivity index (χ1v) is 4.97. The second-order valence-electron chi connectivity index (χ2n) is 2.93. The normalized spacial score (nSPS) is 10.6. The van der Waals surface area contributed by atoms with Crippen LogP contribution in [0.4, 0.5) is 5.82 Å². The van der Waals surface area contributed by atoms with Crippen LogP contribution in [0.25, 0.3) is 0 Å². The highest BCUT2D eigenvalue weighted by atomic mass is 32.2. The average molecular weight is 241 g/mol. The van der Waals surface area contributed by atoms with Crippen LogP contribution in [-0.4, -0.2) is 34.7 Å². The van der Waals surface area contributed by atoms with E-state index < -0.39 is 4.92 Å². The number of imidazole rings is 1. The molecular weight excluding hydrogens is 234 g/mol. The van der Waals surface area contributed by atoms with Crippen molar-refractivity contribution < 1.29 is 4.92 Å². The zero-order valence-electron chi connectivity index (χ0n) is 8.43. The largest absolute Gasteiger partial charge is 0.396 e. The molecule has 0 aliphatic heterocycles. The number of aryl methyl sites for hydroxylation is 2. The molecule has 0 N–H and O–H groups in total. The van der Waals surface area contributed by atoms with Gasteiger partial charge >= 0.3 is 5.82 Å². The molecule has 0 unspecified atom stereocenters. The molecule has 84 valence electrons. The Morgan fingerprint density at radius 1 is 1.50 bits per heavy atom. The first kappa shape index (κ1) is 10.5. The Morgan fingerprint density at radius 2 is 2.25 bits per heavy atom. The molecule has 0 fully saturated rings. The molecule has 0 amide bonds. The molecule has 2 aromatic rings. The molecule has 0 aliphatic carbocycles.